The summed E-state index contributed by atoms with van der Waals surface area (Å²) in [4.78, 5) is 23.7. The highest BCUT2D eigenvalue weighted by molar-refractivity contribution is 7.12. The van der Waals surface area contributed by atoms with Crippen LogP contribution in [0, 0.1) is 0 Å². The third-order valence-corrected chi connectivity index (χ3v) is 3.44. The first kappa shape index (κ1) is 14.0. The lowest BCUT2D eigenvalue weighted by Gasteiger charge is -2.02. The molecule has 5 heteroatoms. The SMILES string of the molecule is COC(=O)c1ccc(NC=CC(=O)c2cccs2)cc1. The van der Waals surface area contributed by atoms with E-state index in [1.165, 1.54) is 24.5 Å². The molecule has 0 aliphatic heterocycles. The molecule has 1 aromatic carbocycles. The molecule has 0 amide bonds. The standard InChI is InChI=1S/C15H13NO3S/c1-19-15(18)11-4-6-12(7-5-11)16-9-8-13(17)14-3-2-10-20-14/h2-10,16H,1H3. The van der Waals surface area contributed by atoms with Gasteiger partial charge in [0.1, 0.15) is 0 Å². The van der Waals surface area contributed by atoms with Crippen molar-refractivity contribution in [2.75, 3.05) is 12.4 Å². The van der Waals surface area contributed by atoms with Gasteiger partial charge in [0.25, 0.3) is 0 Å². The van der Waals surface area contributed by atoms with Crippen LogP contribution < -0.4 is 5.32 Å². The van der Waals surface area contributed by atoms with E-state index in [2.05, 4.69) is 10.1 Å². The highest BCUT2D eigenvalue weighted by Crippen LogP contribution is 2.12. The lowest BCUT2D eigenvalue weighted by molar-refractivity contribution is 0.0600. The first-order chi connectivity index (χ1) is 9.70. The molecule has 102 valence electrons. The van der Waals surface area contributed by atoms with E-state index in [-0.39, 0.29) is 11.8 Å². The Kier molecular flexibility index (Phi) is 4.68. The zero-order chi connectivity index (χ0) is 14.4. The van der Waals surface area contributed by atoms with E-state index in [9.17, 15) is 9.59 Å². The quantitative estimate of drug-likeness (QED) is 0.520. The van der Waals surface area contributed by atoms with Crippen LogP contribution >= 0.6 is 11.3 Å². The third kappa shape index (κ3) is 3.55. The minimum absolute atomic E-state index is 0.0429. The second kappa shape index (κ2) is 6.68. The van der Waals surface area contributed by atoms with Gasteiger partial charge in [-0.25, -0.2) is 4.79 Å². The largest absolute Gasteiger partial charge is 0.465 e. The molecule has 1 N–H and O–H groups in total. The highest BCUT2D eigenvalue weighted by Gasteiger charge is 2.04. The van der Waals surface area contributed by atoms with Crippen LogP contribution in [-0.2, 0) is 4.74 Å². The summed E-state index contributed by atoms with van der Waals surface area (Å²) in [7, 11) is 1.34. The minimum Gasteiger partial charge on any atom is -0.465 e. The number of methoxy groups -OCH3 is 1. The highest BCUT2D eigenvalue weighted by atomic mass is 32.1. The van der Waals surface area contributed by atoms with Gasteiger partial charge in [0, 0.05) is 18.0 Å². The maximum Gasteiger partial charge on any atom is 0.337 e. The average Bonchev–Trinajstić information content (AvgIpc) is 3.01. The van der Waals surface area contributed by atoms with Gasteiger partial charge in [-0.15, -0.1) is 11.3 Å². The number of hydrogen-bond donors (Lipinski definition) is 1. The van der Waals surface area contributed by atoms with Gasteiger partial charge in [-0.05, 0) is 35.7 Å². The number of ketones is 1. The molecule has 0 saturated heterocycles. The number of anilines is 1. The molecule has 1 heterocycles. The van der Waals surface area contributed by atoms with Gasteiger partial charge in [0.15, 0.2) is 5.78 Å². The number of rotatable bonds is 5. The minimum atomic E-state index is -0.375. The number of thiophene rings is 1. The maximum atomic E-state index is 11.7. The van der Waals surface area contributed by atoms with E-state index < -0.39 is 0 Å². The molecule has 0 atom stereocenters. The fraction of sp³-hybridized carbons (Fsp3) is 0.0667. The zero-order valence-electron chi connectivity index (χ0n) is 10.8. The van der Waals surface area contributed by atoms with Crippen molar-refractivity contribution in [1.29, 1.82) is 0 Å². The molecule has 0 radical (unpaired) electrons. The Bertz CT molecular complexity index is 615. The molecule has 0 spiro atoms. The van der Waals surface area contributed by atoms with Crippen molar-refractivity contribution in [3.63, 3.8) is 0 Å². The van der Waals surface area contributed by atoms with E-state index in [0.29, 0.717) is 10.4 Å². The Hall–Kier alpha value is -2.40. The Morgan fingerprint density at radius 3 is 2.55 bits per heavy atom. The molecule has 0 bridgehead atoms. The second-order valence-corrected chi connectivity index (χ2v) is 4.84. The predicted octanol–water partition coefficient (Wildman–Crippen LogP) is 3.34. The van der Waals surface area contributed by atoms with E-state index in [0.717, 1.165) is 5.69 Å². The van der Waals surface area contributed by atoms with Gasteiger partial charge in [0.05, 0.1) is 17.6 Å². The number of nitrogens with one attached hydrogen (secondary N) is 1. The van der Waals surface area contributed by atoms with Crippen molar-refractivity contribution in [3.8, 4) is 0 Å². The predicted molar refractivity (Wildman–Crippen MR) is 79.2 cm³/mol. The Morgan fingerprint density at radius 2 is 1.95 bits per heavy atom. The number of hydrogen-bond acceptors (Lipinski definition) is 5. The second-order valence-electron chi connectivity index (χ2n) is 3.89. The van der Waals surface area contributed by atoms with Crippen LogP contribution in [-0.4, -0.2) is 18.9 Å². The van der Waals surface area contributed by atoms with E-state index >= 15 is 0 Å². The average molecular weight is 287 g/mol. The summed E-state index contributed by atoms with van der Waals surface area (Å²) in [5.41, 5.74) is 1.27. The molecule has 1 aromatic heterocycles. The van der Waals surface area contributed by atoms with Gasteiger partial charge in [-0.3, -0.25) is 4.79 Å². The smallest absolute Gasteiger partial charge is 0.337 e. The summed E-state index contributed by atoms with van der Waals surface area (Å²) in [5.74, 6) is -0.418. The monoisotopic (exact) mass is 287 g/mol. The number of ether oxygens (including phenoxy) is 1. The lowest BCUT2D eigenvalue weighted by atomic mass is 10.2. The first-order valence-corrected chi connectivity index (χ1v) is 6.78. The molecule has 4 nitrogen and oxygen atoms in total. The van der Waals surface area contributed by atoms with Crippen molar-refractivity contribution in [2.24, 2.45) is 0 Å². The van der Waals surface area contributed by atoms with Gasteiger partial charge < -0.3 is 10.1 Å². The molecule has 0 fully saturated rings. The fourth-order valence-corrected chi connectivity index (χ4v) is 2.18. The summed E-state index contributed by atoms with van der Waals surface area (Å²) < 4.78 is 4.61. The zero-order valence-corrected chi connectivity index (χ0v) is 11.6. The number of carbonyl (C=O) groups excluding carboxylic acids is 2. The molecular formula is C15H13NO3S. The van der Waals surface area contributed by atoms with Crippen LogP contribution in [0.4, 0.5) is 5.69 Å². The van der Waals surface area contributed by atoms with Gasteiger partial charge in [-0.1, -0.05) is 6.07 Å². The number of carbonyl (C=O) groups is 2. The van der Waals surface area contributed by atoms with Crippen molar-refractivity contribution < 1.29 is 14.3 Å². The summed E-state index contributed by atoms with van der Waals surface area (Å²) in [6.45, 7) is 0. The van der Waals surface area contributed by atoms with Crippen molar-refractivity contribution in [2.45, 2.75) is 0 Å². The van der Waals surface area contributed by atoms with Crippen LogP contribution in [0.5, 0.6) is 0 Å². The molecule has 2 rings (SSSR count). The van der Waals surface area contributed by atoms with Gasteiger partial charge in [0.2, 0.25) is 0 Å². The van der Waals surface area contributed by atoms with E-state index in [1.54, 1.807) is 36.5 Å². The number of esters is 1. The summed E-state index contributed by atoms with van der Waals surface area (Å²) in [5, 5.41) is 4.83. The fourth-order valence-electron chi connectivity index (χ4n) is 1.53. The summed E-state index contributed by atoms with van der Waals surface area (Å²) >= 11 is 1.40. The normalized spacial score (nSPS) is 10.4. The van der Waals surface area contributed by atoms with Crippen LogP contribution in [0.3, 0.4) is 0 Å². The van der Waals surface area contributed by atoms with Crippen molar-refractivity contribution >= 4 is 28.8 Å². The molecule has 0 unspecified atom stereocenters. The van der Waals surface area contributed by atoms with E-state index in [4.69, 9.17) is 0 Å². The van der Waals surface area contributed by atoms with Crippen molar-refractivity contribution in [3.05, 3.63) is 64.5 Å². The Morgan fingerprint density at radius 1 is 1.20 bits per heavy atom. The Balaban J connectivity index is 1.94. The summed E-state index contributed by atoms with van der Waals surface area (Å²) in [6, 6.07) is 10.4. The summed E-state index contributed by atoms with van der Waals surface area (Å²) in [6.07, 6.45) is 3.05. The van der Waals surface area contributed by atoms with E-state index in [1.807, 2.05) is 11.4 Å². The molecule has 2 aromatic rings. The van der Waals surface area contributed by atoms with Crippen LogP contribution in [0.2, 0.25) is 0 Å². The first-order valence-electron chi connectivity index (χ1n) is 5.90. The third-order valence-electron chi connectivity index (χ3n) is 2.55. The Labute approximate surface area is 120 Å². The molecule has 0 aliphatic rings. The molecule has 0 aliphatic carbocycles. The van der Waals surface area contributed by atoms with Crippen molar-refractivity contribution in [1.82, 2.24) is 0 Å². The molecule has 20 heavy (non-hydrogen) atoms. The van der Waals surface area contributed by atoms with Gasteiger partial charge in [-0.2, -0.15) is 0 Å². The van der Waals surface area contributed by atoms with Gasteiger partial charge >= 0.3 is 5.97 Å². The maximum absolute atomic E-state index is 11.7. The topological polar surface area (TPSA) is 55.4 Å². The molecule has 0 saturated carbocycles. The number of allylic oxidation sites excluding steroid dienone is 1. The number of benzene rings is 1. The molecular weight excluding hydrogens is 274 g/mol. The lowest BCUT2D eigenvalue weighted by Crippen LogP contribution is -2.00. The van der Waals surface area contributed by atoms with Crippen LogP contribution in [0.1, 0.15) is 20.0 Å². The van der Waals surface area contributed by atoms with Crippen LogP contribution in [0.15, 0.2) is 54.1 Å². The van der Waals surface area contributed by atoms with Crippen LogP contribution in [0.25, 0.3) is 0 Å².